The number of aromatic carboxylic acids is 1. The highest BCUT2D eigenvalue weighted by Crippen LogP contribution is 2.40. The third-order valence-corrected chi connectivity index (χ3v) is 8.24. The Hall–Kier alpha value is -5.66. The molecule has 260 valence electrons. The molecular weight excluding hydrogens is 657 g/mol. The van der Waals surface area contributed by atoms with Gasteiger partial charge in [-0.05, 0) is 59.5 Å². The molecule has 2 amide bonds. The minimum Gasteiger partial charge on any atom is -0.593 e. The number of rotatable bonds is 11. The quantitative estimate of drug-likeness (QED) is 0.0852. The molecule has 0 spiro atoms. The van der Waals surface area contributed by atoms with Crippen molar-refractivity contribution >= 4 is 68.4 Å². The van der Waals surface area contributed by atoms with E-state index in [4.69, 9.17) is 9.47 Å². The molecule has 0 bridgehead atoms. The Morgan fingerprint density at radius 2 is 1.60 bits per heavy atom. The number of carboxylic acid groups (broad SMARTS) is 1. The fraction of sp³-hybridized carbons (Fsp3) is 0.216. The third kappa shape index (κ3) is 8.31. The molecule has 5 N–H and O–H groups in total. The summed E-state index contributed by atoms with van der Waals surface area (Å²) in [5.41, 5.74) is 3.56. The maximum atomic E-state index is 13.4. The van der Waals surface area contributed by atoms with Gasteiger partial charge in [-0.1, -0.05) is 45.0 Å². The maximum Gasteiger partial charge on any atom is 0.337 e. The van der Waals surface area contributed by atoms with Crippen LogP contribution in [0.15, 0.2) is 85.1 Å². The number of nitrogens with zero attached hydrogens (tertiary/aromatic N) is 2. The van der Waals surface area contributed by atoms with Crippen LogP contribution in [0.2, 0.25) is 0 Å². The van der Waals surface area contributed by atoms with E-state index in [0.29, 0.717) is 51.5 Å². The van der Waals surface area contributed by atoms with Crippen molar-refractivity contribution in [2.24, 2.45) is 0 Å². The number of amides is 2. The van der Waals surface area contributed by atoms with Crippen LogP contribution in [-0.2, 0) is 16.8 Å². The van der Waals surface area contributed by atoms with Gasteiger partial charge in [-0.15, -0.1) is 0 Å². The van der Waals surface area contributed by atoms with Crippen molar-refractivity contribution in [1.82, 2.24) is 4.98 Å². The van der Waals surface area contributed by atoms with Crippen LogP contribution in [-0.4, -0.2) is 54.1 Å². The Morgan fingerprint density at radius 3 is 2.26 bits per heavy atom. The molecule has 5 aromatic rings. The fourth-order valence-electron chi connectivity index (χ4n) is 5.33. The van der Waals surface area contributed by atoms with Gasteiger partial charge in [0.15, 0.2) is 5.75 Å². The van der Waals surface area contributed by atoms with Crippen LogP contribution in [0.1, 0.15) is 36.7 Å². The first-order valence-electron chi connectivity index (χ1n) is 15.6. The zero-order valence-electron chi connectivity index (χ0n) is 28.9. The summed E-state index contributed by atoms with van der Waals surface area (Å²) in [4.78, 5) is 31.2. The van der Waals surface area contributed by atoms with E-state index < -0.39 is 23.4 Å². The highest BCUT2D eigenvalue weighted by Gasteiger charge is 2.23. The minimum atomic E-state index is -1.36. The number of anilines is 6. The van der Waals surface area contributed by atoms with Gasteiger partial charge >= 0.3 is 12.0 Å². The van der Waals surface area contributed by atoms with E-state index in [1.807, 2.05) is 57.2 Å². The Labute approximate surface area is 294 Å². The highest BCUT2D eigenvalue weighted by atomic mass is 32.2. The average Bonchev–Trinajstić information content (AvgIpc) is 3.05. The topological polar surface area (TPSA) is 160 Å². The molecule has 1 atom stereocenters. The number of carbonyl (C=O) groups excluding carboxylic acids is 1. The Morgan fingerprint density at radius 1 is 0.900 bits per heavy atom. The number of urea groups is 1. The van der Waals surface area contributed by atoms with E-state index in [-0.39, 0.29) is 11.0 Å². The van der Waals surface area contributed by atoms with Crippen molar-refractivity contribution < 1.29 is 28.7 Å². The molecule has 4 aromatic carbocycles. The van der Waals surface area contributed by atoms with E-state index in [1.54, 1.807) is 67.7 Å². The predicted octanol–water partition coefficient (Wildman–Crippen LogP) is 8.19. The molecule has 0 fully saturated rings. The zero-order valence-corrected chi connectivity index (χ0v) is 29.7. The van der Waals surface area contributed by atoms with Gasteiger partial charge in [0.1, 0.15) is 29.3 Å². The number of fused-ring (bicyclic) bond motifs is 1. The first-order valence-corrected chi connectivity index (χ1v) is 17.2. The molecule has 5 rings (SSSR count). The van der Waals surface area contributed by atoms with Crippen LogP contribution in [0.4, 0.5) is 39.0 Å². The largest absolute Gasteiger partial charge is 0.593 e. The summed E-state index contributed by atoms with van der Waals surface area (Å²) in [6, 6.07) is 22.8. The van der Waals surface area contributed by atoms with Gasteiger partial charge < -0.3 is 40.0 Å². The van der Waals surface area contributed by atoms with Crippen LogP contribution in [0.5, 0.6) is 17.2 Å². The number of pyridine rings is 1. The van der Waals surface area contributed by atoms with Crippen LogP contribution in [0.25, 0.3) is 10.8 Å². The number of carbonyl (C=O) groups is 2. The van der Waals surface area contributed by atoms with Gasteiger partial charge in [-0.25, -0.2) is 19.3 Å². The van der Waals surface area contributed by atoms with Gasteiger partial charge in [-0.2, -0.15) is 0 Å². The van der Waals surface area contributed by atoms with Crippen molar-refractivity contribution in [3.8, 4) is 17.2 Å². The van der Waals surface area contributed by atoms with Crippen molar-refractivity contribution in [3.63, 3.8) is 0 Å². The molecule has 12 nitrogen and oxygen atoms in total. The first-order chi connectivity index (χ1) is 23.7. The number of carboxylic acids is 1. The lowest BCUT2D eigenvalue weighted by molar-refractivity contribution is 0.0697. The molecular formula is C37H40N6O6S. The van der Waals surface area contributed by atoms with Gasteiger partial charge in [0.25, 0.3) is 0 Å². The number of ether oxygens (including phenoxy) is 2. The zero-order chi connectivity index (χ0) is 36.2. The summed E-state index contributed by atoms with van der Waals surface area (Å²) in [7, 11) is 5.06. The Bertz CT molecular complexity index is 2050. The van der Waals surface area contributed by atoms with Gasteiger partial charge in [-0.3, -0.25) is 0 Å². The van der Waals surface area contributed by atoms with E-state index in [1.165, 1.54) is 13.4 Å². The highest BCUT2D eigenvalue weighted by molar-refractivity contribution is 7.92. The summed E-state index contributed by atoms with van der Waals surface area (Å²) in [5.74, 6) is 0.937. The summed E-state index contributed by atoms with van der Waals surface area (Å²) < 4.78 is 26.9. The fourth-order valence-corrected chi connectivity index (χ4v) is 5.79. The van der Waals surface area contributed by atoms with Crippen molar-refractivity contribution in [2.45, 2.75) is 26.2 Å². The maximum absolute atomic E-state index is 13.4. The molecule has 0 saturated carbocycles. The monoisotopic (exact) mass is 696 g/mol. The Kier molecular flexibility index (Phi) is 10.6. The summed E-state index contributed by atoms with van der Waals surface area (Å²) in [6.45, 7) is 6.15. The second-order valence-corrected chi connectivity index (χ2v) is 13.8. The van der Waals surface area contributed by atoms with Crippen LogP contribution in [0.3, 0.4) is 0 Å². The van der Waals surface area contributed by atoms with Crippen molar-refractivity contribution in [1.29, 1.82) is 0 Å². The van der Waals surface area contributed by atoms with E-state index in [2.05, 4.69) is 25.7 Å². The lowest BCUT2D eigenvalue weighted by Gasteiger charge is -2.24. The lowest BCUT2D eigenvalue weighted by atomic mass is 9.86. The molecule has 1 aromatic heterocycles. The molecule has 13 heteroatoms. The van der Waals surface area contributed by atoms with Crippen LogP contribution >= 0.6 is 0 Å². The van der Waals surface area contributed by atoms with Gasteiger partial charge in [0, 0.05) is 42.8 Å². The van der Waals surface area contributed by atoms with E-state index in [0.717, 1.165) is 16.3 Å². The SMILES string of the molecule is COc1c(NC(=O)Nc2ccc(Oc3ccnc(Nc4ccc(C(=O)O)c(N(C)C)c4)c3)c3ccccc23)cc(C(C)(C)C)cc1N[S+](C)[O-]. The average molecular weight is 697 g/mol. The smallest absolute Gasteiger partial charge is 0.337 e. The Balaban J connectivity index is 1.38. The van der Waals surface area contributed by atoms with Gasteiger partial charge in [0.2, 0.25) is 0 Å². The second kappa shape index (κ2) is 14.8. The molecule has 50 heavy (non-hydrogen) atoms. The number of methoxy groups -OCH3 is 1. The molecule has 1 unspecified atom stereocenters. The number of nitrogens with one attached hydrogen (secondary N) is 4. The molecule has 0 saturated heterocycles. The van der Waals surface area contributed by atoms with Crippen molar-refractivity contribution in [2.75, 3.05) is 53.0 Å². The summed E-state index contributed by atoms with van der Waals surface area (Å²) in [5, 5.41) is 20.1. The minimum absolute atomic E-state index is 0.194. The third-order valence-electron chi connectivity index (χ3n) is 7.73. The second-order valence-electron chi connectivity index (χ2n) is 12.7. The molecule has 0 aliphatic rings. The lowest BCUT2D eigenvalue weighted by Crippen LogP contribution is -2.22. The van der Waals surface area contributed by atoms with Crippen molar-refractivity contribution in [3.05, 3.63) is 96.2 Å². The first kappa shape index (κ1) is 35.6. The normalized spacial score (nSPS) is 11.8. The number of aromatic nitrogens is 1. The molecule has 0 aliphatic carbocycles. The standard InChI is InChI=1S/C37H40N6O6S/c1-37(2,3)22-18-29(34(48-6)30(19-22)42-50(7)47)41-36(46)40-28-14-15-32(26-11-9-8-10-25(26)28)49-24-16-17-38-33(21-24)39-23-12-13-27(35(44)45)31(20-23)43(4)5/h8-21,42H,1-7H3,(H,38,39)(H,44,45)(H2,40,41,46). The number of hydrogen-bond donors (Lipinski definition) is 5. The molecule has 1 heterocycles. The van der Waals surface area contributed by atoms with E-state index in [9.17, 15) is 19.2 Å². The number of benzene rings is 4. The molecule has 0 aliphatic heterocycles. The van der Waals surface area contributed by atoms with E-state index >= 15 is 0 Å². The summed E-state index contributed by atoms with van der Waals surface area (Å²) >= 11 is -1.36. The van der Waals surface area contributed by atoms with Crippen LogP contribution < -0.4 is 35.0 Å². The number of hydrogen-bond acceptors (Lipinski definition) is 9. The predicted molar refractivity (Wildman–Crippen MR) is 201 cm³/mol. The van der Waals surface area contributed by atoms with Crippen LogP contribution in [0, 0.1) is 0 Å². The molecule has 0 radical (unpaired) electrons. The summed E-state index contributed by atoms with van der Waals surface area (Å²) in [6.07, 6.45) is 3.14. The van der Waals surface area contributed by atoms with Gasteiger partial charge in [0.05, 0.1) is 41.1 Å².